The molecule has 0 heterocycles. The lowest BCUT2D eigenvalue weighted by Crippen LogP contribution is -2.07. The molecule has 0 aliphatic heterocycles. The van der Waals surface area contributed by atoms with Gasteiger partial charge in [0.1, 0.15) is 0 Å². The molecule has 3 aromatic rings. The second-order valence-corrected chi connectivity index (χ2v) is 6.00. The van der Waals surface area contributed by atoms with E-state index in [4.69, 9.17) is 11.6 Å². The van der Waals surface area contributed by atoms with Crippen molar-refractivity contribution in [3.8, 4) is 0 Å². The van der Waals surface area contributed by atoms with E-state index < -0.39 is 0 Å². The highest BCUT2D eigenvalue weighted by atomic mass is 35.5. The predicted molar refractivity (Wildman–Crippen MR) is 94.5 cm³/mol. The number of benzene rings is 3. The van der Waals surface area contributed by atoms with Crippen LogP contribution in [0.1, 0.15) is 22.6 Å². The largest absolute Gasteiger partial charge is 0.0840 e. The van der Waals surface area contributed by atoms with Crippen molar-refractivity contribution in [2.45, 2.75) is 18.8 Å². The number of halogens is 1. The van der Waals surface area contributed by atoms with Gasteiger partial charge in [0.2, 0.25) is 0 Å². The van der Waals surface area contributed by atoms with E-state index >= 15 is 0 Å². The zero-order valence-corrected chi connectivity index (χ0v) is 13.2. The lowest BCUT2D eigenvalue weighted by Gasteiger charge is -2.18. The second-order valence-electron chi connectivity index (χ2n) is 5.59. The van der Waals surface area contributed by atoms with Crippen LogP contribution in [0.5, 0.6) is 0 Å². The van der Waals surface area contributed by atoms with E-state index in [9.17, 15) is 0 Å². The first-order valence-electron chi connectivity index (χ1n) is 7.65. The summed E-state index contributed by atoms with van der Waals surface area (Å²) in [5, 5.41) is 0.858. The summed E-state index contributed by atoms with van der Waals surface area (Å²) in [6.07, 6.45) is 1.98. The summed E-state index contributed by atoms with van der Waals surface area (Å²) in [6, 6.07) is 29.5. The molecule has 0 amide bonds. The summed E-state index contributed by atoms with van der Waals surface area (Å²) in [5.41, 5.74) is 3.95. The maximum atomic E-state index is 6.36. The maximum Gasteiger partial charge on any atom is 0.0438 e. The van der Waals surface area contributed by atoms with Crippen molar-refractivity contribution in [3.05, 3.63) is 107 Å². The van der Waals surface area contributed by atoms with Gasteiger partial charge in [-0.05, 0) is 41.5 Å². The smallest absolute Gasteiger partial charge is 0.0438 e. The molecule has 110 valence electrons. The van der Waals surface area contributed by atoms with Gasteiger partial charge in [-0.1, -0.05) is 90.5 Å². The Labute approximate surface area is 137 Å². The van der Waals surface area contributed by atoms with E-state index in [1.807, 2.05) is 12.1 Å². The van der Waals surface area contributed by atoms with E-state index in [0.29, 0.717) is 5.92 Å². The van der Waals surface area contributed by atoms with Crippen molar-refractivity contribution in [1.29, 1.82) is 0 Å². The van der Waals surface area contributed by atoms with Gasteiger partial charge < -0.3 is 0 Å². The quantitative estimate of drug-likeness (QED) is 0.550. The van der Waals surface area contributed by atoms with Crippen LogP contribution in [0, 0.1) is 0 Å². The first-order chi connectivity index (χ1) is 10.8. The minimum atomic E-state index is 0.434. The average Bonchev–Trinajstić information content (AvgIpc) is 2.58. The molecule has 0 aliphatic carbocycles. The van der Waals surface area contributed by atoms with Crippen LogP contribution in [-0.4, -0.2) is 0 Å². The van der Waals surface area contributed by atoms with E-state index in [1.165, 1.54) is 16.7 Å². The fourth-order valence-corrected chi connectivity index (χ4v) is 3.07. The van der Waals surface area contributed by atoms with Gasteiger partial charge in [0.25, 0.3) is 0 Å². The molecule has 3 aromatic carbocycles. The molecular weight excluding hydrogens is 288 g/mol. The van der Waals surface area contributed by atoms with Crippen molar-refractivity contribution in [3.63, 3.8) is 0 Å². The van der Waals surface area contributed by atoms with E-state index in [2.05, 4.69) is 72.8 Å². The summed E-state index contributed by atoms with van der Waals surface area (Å²) in [4.78, 5) is 0. The van der Waals surface area contributed by atoms with Gasteiger partial charge in [0.15, 0.2) is 0 Å². The Morgan fingerprint density at radius 1 is 0.636 bits per heavy atom. The molecule has 0 aliphatic rings. The highest BCUT2D eigenvalue weighted by molar-refractivity contribution is 6.31. The number of rotatable bonds is 5. The molecule has 22 heavy (non-hydrogen) atoms. The highest BCUT2D eigenvalue weighted by Crippen LogP contribution is 2.28. The van der Waals surface area contributed by atoms with E-state index in [1.54, 1.807) is 0 Å². The monoisotopic (exact) mass is 306 g/mol. The molecule has 1 atom stereocenters. The van der Waals surface area contributed by atoms with Crippen LogP contribution in [0.25, 0.3) is 0 Å². The standard InChI is InChI=1S/C21H19Cl/c22-21-14-8-7-13-19(21)16-20(18-11-5-2-6-12-18)15-17-9-3-1-4-10-17/h1-14,20H,15-16H2. The van der Waals surface area contributed by atoms with Crippen LogP contribution in [-0.2, 0) is 12.8 Å². The fraction of sp³-hybridized carbons (Fsp3) is 0.143. The van der Waals surface area contributed by atoms with Gasteiger partial charge in [-0.25, -0.2) is 0 Å². The molecule has 0 nitrogen and oxygen atoms in total. The van der Waals surface area contributed by atoms with Crippen molar-refractivity contribution in [2.75, 3.05) is 0 Å². The lowest BCUT2D eigenvalue weighted by molar-refractivity contribution is 0.680. The molecule has 0 N–H and O–H groups in total. The van der Waals surface area contributed by atoms with Crippen LogP contribution in [0.15, 0.2) is 84.9 Å². The topological polar surface area (TPSA) is 0 Å². The van der Waals surface area contributed by atoms with Crippen LogP contribution in [0.3, 0.4) is 0 Å². The number of hydrogen-bond acceptors (Lipinski definition) is 0. The molecule has 0 saturated heterocycles. The zero-order chi connectivity index (χ0) is 15.2. The summed E-state index contributed by atoms with van der Waals surface area (Å²) in [5.74, 6) is 0.434. The third-order valence-corrected chi connectivity index (χ3v) is 4.39. The van der Waals surface area contributed by atoms with E-state index in [-0.39, 0.29) is 0 Å². The summed E-state index contributed by atoms with van der Waals surface area (Å²) in [7, 11) is 0. The Kier molecular flexibility index (Phi) is 4.92. The Balaban J connectivity index is 1.88. The third-order valence-electron chi connectivity index (χ3n) is 4.02. The Hall–Kier alpha value is -2.05. The lowest BCUT2D eigenvalue weighted by atomic mass is 9.87. The molecule has 0 saturated carbocycles. The van der Waals surface area contributed by atoms with Gasteiger partial charge >= 0.3 is 0 Å². The third kappa shape index (κ3) is 3.78. The Morgan fingerprint density at radius 3 is 1.91 bits per heavy atom. The van der Waals surface area contributed by atoms with Gasteiger partial charge in [0.05, 0.1) is 0 Å². The van der Waals surface area contributed by atoms with Crippen molar-refractivity contribution in [1.82, 2.24) is 0 Å². The molecule has 1 unspecified atom stereocenters. The molecule has 0 bridgehead atoms. The first kappa shape index (κ1) is 14.9. The van der Waals surface area contributed by atoms with Gasteiger partial charge in [0, 0.05) is 5.02 Å². The molecule has 0 radical (unpaired) electrons. The van der Waals surface area contributed by atoms with E-state index in [0.717, 1.165) is 17.9 Å². The second kappa shape index (κ2) is 7.29. The Bertz CT molecular complexity index is 704. The van der Waals surface area contributed by atoms with Crippen LogP contribution < -0.4 is 0 Å². The predicted octanol–water partition coefficient (Wildman–Crippen LogP) is 5.91. The van der Waals surface area contributed by atoms with Crippen molar-refractivity contribution >= 4 is 11.6 Å². The van der Waals surface area contributed by atoms with Crippen molar-refractivity contribution < 1.29 is 0 Å². The summed E-state index contributed by atoms with van der Waals surface area (Å²) < 4.78 is 0. The van der Waals surface area contributed by atoms with Gasteiger partial charge in [-0.3, -0.25) is 0 Å². The van der Waals surface area contributed by atoms with Gasteiger partial charge in [-0.2, -0.15) is 0 Å². The molecular formula is C21H19Cl. The maximum absolute atomic E-state index is 6.36. The molecule has 3 rings (SSSR count). The van der Waals surface area contributed by atoms with Crippen LogP contribution >= 0.6 is 11.6 Å². The molecule has 0 spiro atoms. The van der Waals surface area contributed by atoms with Gasteiger partial charge in [-0.15, -0.1) is 0 Å². The molecule has 0 fully saturated rings. The molecule has 0 aromatic heterocycles. The first-order valence-corrected chi connectivity index (χ1v) is 8.03. The zero-order valence-electron chi connectivity index (χ0n) is 12.5. The van der Waals surface area contributed by atoms with Crippen molar-refractivity contribution in [2.24, 2.45) is 0 Å². The SMILES string of the molecule is Clc1ccccc1CC(Cc1ccccc1)c1ccccc1. The minimum absolute atomic E-state index is 0.434. The number of hydrogen-bond donors (Lipinski definition) is 0. The summed E-state index contributed by atoms with van der Waals surface area (Å²) >= 11 is 6.36. The van der Waals surface area contributed by atoms with Crippen LogP contribution in [0.2, 0.25) is 5.02 Å². The van der Waals surface area contributed by atoms with Crippen LogP contribution in [0.4, 0.5) is 0 Å². The minimum Gasteiger partial charge on any atom is -0.0840 e. The highest BCUT2D eigenvalue weighted by Gasteiger charge is 2.14. The normalized spacial score (nSPS) is 12.0. The fourth-order valence-electron chi connectivity index (χ4n) is 2.86. The molecule has 1 heteroatoms. The Morgan fingerprint density at radius 2 is 1.23 bits per heavy atom. The summed E-state index contributed by atoms with van der Waals surface area (Å²) in [6.45, 7) is 0. The average molecular weight is 307 g/mol.